The van der Waals surface area contributed by atoms with Crippen molar-refractivity contribution in [2.24, 2.45) is 5.41 Å². The molecule has 0 saturated carbocycles. The number of hydrogen-bond acceptors (Lipinski definition) is 3. The van der Waals surface area contributed by atoms with Crippen LogP contribution in [0.3, 0.4) is 0 Å². The van der Waals surface area contributed by atoms with Crippen LogP contribution in [0.25, 0.3) is 0 Å². The zero-order valence-electron chi connectivity index (χ0n) is 10.9. The van der Waals surface area contributed by atoms with Gasteiger partial charge in [0, 0.05) is 40.7 Å². The Labute approximate surface area is 97.6 Å². The van der Waals surface area contributed by atoms with E-state index in [1.54, 1.807) is 26.0 Å². The molecule has 0 aliphatic rings. The van der Waals surface area contributed by atoms with Crippen molar-refractivity contribution < 1.29 is 9.59 Å². The molecule has 0 atom stereocenters. The van der Waals surface area contributed by atoms with E-state index in [4.69, 9.17) is 0 Å². The van der Waals surface area contributed by atoms with Crippen molar-refractivity contribution >= 4 is 11.8 Å². The first kappa shape index (κ1) is 14.9. The van der Waals surface area contributed by atoms with Gasteiger partial charge in [0.25, 0.3) is 0 Å². The van der Waals surface area contributed by atoms with E-state index in [-0.39, 0.29) is 11.8 Å². The molecule has 16 heavy (non-hydrogen) atoms. The quantitative estimate of drug-likeness (QED) is 0.621. The normalized spacial score (nSPS) is 11.1. The Balaban J connectivity index is 3.82. The van der Waals surface area contributed by atoms with E-state index in [0.29, 0.717) is 19.5 Å². The van der Waals surface area contributed by atoms with Gasteiger partial charge in [-0.15, -0.1) is 0 Å². The number of amides is 2. The molecule has 0 spiro atoms. The molecule has 0 fully saturated rings. The topological polar surface area (TPSA) is 61.4 Å². The minimum absolute atomic E-state index is 0.000985. The summed E-state index contributed by atoms with van der Waals surface area (Å²) in [6.07, 6.45) is 0.455. The number of carbonyl (C=O) groups is 2. The van der Waals surface area contributed by atoms with Crippen LogP contribution in [0.4, 0.5) is 0 Å². The number of nitrogens with one attached hydrogen (secondary N) is 2. The smallest absolute Gasteiger partial charge is 0.226 e. The van der Waals surface area contributed by atoms with Crippen LogP contribution in [-0.2, 0) is 9.59 Å². The van der Waals surface area contributed by atoms with Crippen molar-refractivity contribution in [2.75, 3.05) is 34.2 Å². The van der Waals surface area contributed by atoms with Crippen LogP contribution in [0.15, 0.2) is 0 Å². The molecule has 0 aliphatic carbocycles. The number of nitrogens with zero attached hydrogens (tertiary/aromatic N) is 1. The van der Waals surface area contributed by atoms with Gasteiger partial charge >= 0.3 is 0 Å². The first-order chi connectivity index (χ1) is 7.31. The molecule has 2 amide bonds. The van der Waals surface area contributed by atoms with Crippen LogP contribution in [0.1, 0.15) is 20.3 Å². The van der Waals surface area contributed by atoms with Crippen molar-refractivity contribution in [1.29, 1.82) is 0 Å². The summed E-state index contributed by atoms with van der Waals surface area (Å²) in [7, 11) is 5.09. The highest BCUT2D eigenvalue weighted by Crippen LogP contribution is 2.12. The van der Waals surface area contributed by atoms with Crippen molar-refractivity contribution in [3.63, 3.8) is 0 Å². The van der Waals surface area contributed by atoms with Crippen LogP contribution in [-0.4, -0.2) is 50.9 Å². The Bertz CT molecular complexity index is 250. The lowest BCUT2D eigenvalue weighted by Crippen LogP contribution is -2.42. The number of carbonyl (C=O) groups excluding carboxylic acids is 2. The molecular formula is C11H23N3O2. The highest BCUT2D eigenvalue weighted by molar-refractivity contribution is 5.81. The molecular weight excluding hydrogens is 206 g/mol. The summed E-state index contributed by atoms with van der Waals surface area (Å²) >= 11 is 0. The Hall–Kier alpha value is -1.10. The van der Waals surface area contributed by atoms with Gasteiger partial charge in [-0.05, 0) is 13.8 Å². The van der Waals surface area contributed by atoms with Crippen LogP contribution in [0, 0.1) is 5.41 Å². The molecule has 5 heteroatoms. The molecule has 0 aromatic carbocycles. The second-order valence-electron chi connectivity index (χ2n) is 4.68. The molecule has 0 aliphatic heterocycles. The van der Waals surface area contributed by atoms with Crippen LogP contribution in [0.5, 0.6) is 0 Å². The maximum atomic E-state index is 11.4. The lowest BCUT2D eigenvalue weighted by molar-refractivity contribution is -0.128. The summed E-state index contributed by atoms with van der Waals surface area (Å²) in [5, 5.41) is 5.74. The first-order valence-electron chi connectivity index (χ1n) is 5.44. The predicted molar refractivity (Wildman–Crippen MR) is 64.0 cm³/mol. The van der Waals surface area contributed by atoms with Crippen molar-refractivity contribution in [3.8, 4) is 0 Å². The SMILES string of the molecule is CNC(=O)C(C)(C)CNCCC(=O)N(C)C. The monoisotopic (exact) mass is 229 g/mol. The molecule has 0 saturated heterocycles. The first-order valence-corrected chi connectivity index (χ1v) is 5.44. The summed E-state index contributed by atoms with van der Waals surface area (Å²) in [6.45, 7) is 4.89. The summed E-state index contributed by atoms with van der Waals surface area (Å²) in [4.78, 5) is 24.3. The van der Waals surface area contributed by atoms with Crippen molar-refractivity contribution in [2.45, 2.75) is 20.3 Å². The number of rotatable bonds is 6. The van der Waals surface area contributed by atoms with Crippen molar-refractivity contribution in [3.05, 3.63) is 0 Å². The van der Waals surface area contributed by atoms with Crippen LogP contribution >= 0.6 is 0 Å². The van der Waals surface area contributed by atoms with Gasteiger partial charge in [0.05, 0.1) is 5.41 Å². The maximum Gasteiger partial charge on any atom is 0.226 e. The highest BCUT2D eigenvalue weighted by Gasteiger charge is 2.25. The van der Waals surface area contributed by atoms with E-state index in [2.05, 4.69) is 10.6 Å². The summed E-state index contributed by atoms with van der Waals surface area (Å²) in [5.41, 5.74) is -0.448. The molecule has 0 aromatic rings. The molecule has 0 bridgehead atoms. The van der Waals surface area contributed by atoms with Gasteiger partial charge in [-0.1, -0.05) is 0 Å². The van der Waals surface area contributed by atoms with Gasteiger partial charge in [-0.3, -0.25) is 9.59 Å². The minimum atomic E-state index is -0.448. The summed E-state index contributed by atoms with van der Waals surface area (Å²) in [5.74, 6) is 0.0872. The van der Waals surface area contributed by atoms with Crippen LogP contribution in [0.2, 0.25) is 0 Å². The zero-order chi connectivity index (χ0) is 12.8. The summed E-state index contributed by atoms with van der Waals surface area (Å²) in [6, 6.07) is 0. The molecule has 5 nitrogen and oxygen atoms in total. The minimum Gasteiger partial charge on any atom is -0.359 e. The third-order valence-corrected chi connectivity index (χ3v) is 2.42. The van der Waals surface area contributed by atoms with E-state index < -0.39 is 5.41 Å². The fourth-order valence-electron chi connectivity index (χ4n) is 1.24. The molecule has 0 unspecified atom stereocenters. The van der Waals surface area contributed by atoms with E-state index in [1.807, 2.05) is 13.8 Å². The fourth-order valence-corrected chi connectivity index (χ4v) is 1.24. The average molecular weight is 229 g/mol. The second-order valence-corrected chi connectivity index (χ2v) is 4.68. The lowest BCUT2D eigenvalue weighted by Gasteiger charge is -2.23. The van der Waals surface area contributed by atoms with E-state index in [0.717, 1.165) is 0 Å². The van der Waals surface area contributed by atoms with Gasteiger partial charge in [-0.2, -0.15) is 0 Å². The Morgan fingerprint density at radius 3 is 2.25 bits per heavy atom. The lowest BCUT2D eigenvalue weighted by atomic mass is 9.92. The van der Waals surface area contributed by atoms with Gasteiger partial charge in [-0.25, -0.2) is 0 Å². The van der Waals surface area contributed by atoms with Gasteiger partial charge in [0.15, 0.2) is 0 Å². The zero-order valence-corrected chi connectivity index (χ0v) is 10.9. The number of hydrogen-bond donors (Lipinski definition) is 2. The Morgan fingerprint density at radius 1 is 1.25 bits per heavy atom. The molecule has 0 aromatic heterocycles. The van der Waals surface area contributed by atoms with Gasteiger partial charge in [0.2, 0.25) is 11.8 Å². The molecule has 94 valence electrons. The third-order valence-electron chi connectivity index (χ3n) is 2.42. The highest BCUT2D eigenvalue weighted by atomic mass is 16.2. The predicted octanol–water partition coefficient (Wildman–Crippen LogP) is -0.173. The Kier molecular flexibility index (Phi) is 6.03. The van der Waals surface area contributed by atoms with Gasteiger partial charge < -0.3 is 15.5 Å². The fraction of sp³-hybridized carbons (Fsp3) is 0.818. The largest absolute Gasteiger partial charge is 0.359 e. The van der Waals surface area contributed by atoms with Gasteiger partial charge in [0.1, 0.15) is 0 Å². The molecule has 0 rings (SSSR count). The van der Waals surface area contributed by atoms with E-state index in [1.165, 1.54) is 0 Å². The second kappa shape index (κ2) is 6.48. The van der Waals surface area contributed by atoms with E-state index >= 15 is 0 Å². The van der Waals surface area contributed by atoms with E-state index in [9.17, 15) is 9.59 Å². The standard InChI is InChI=1S/C11H23N3O2/c1-11(2,10(16)12-3)8-13-7-6-9(15)14(4)5/h13H,6-8H2,1-5H3,(H,12,16). The molecule has 0 heterocycles. The molecule has 2 N–H and O–H groups in total. The van der Waals surface area contributed by atoms with Crippen LogP contribution < -0.4 is 10.6 Å². The Morgan fingerprint density at radius 2 is 1.81 bits per heavy atom. The maximum absolute atomic E-state index is 11.4. The third kappa shape index (κ3) is 5.11. The summed E-state index contributed by atoms with van der Waals surface area (Å²) < 4.78 is 0. The molecule has 0 radical (unpaired) electrons. The van der Waals surface area contributed by atoms with Crippen molar-refractivity contribution in [1.82, 2.24) is 15.5 Å². The average Bonchev–Trinajstić information content (AvgIpc) is 2.22.